The summed E-state index contributed by atoms with van der Waals surface area (Å²) in [5.41, 5.74) is -0.481. The average molecular weight is 396 g/mol. The first-order chi connectivity index (χ1) is 9.32. The van der Waals surface area contributed by atoms with Crippen molar-refractivity contribution >= 4 is 22.6 Å². The van der Waals surface area contributed by atoms with Crippen LogP contribution < -0.4 is 4.74 Å². The molecule has 0 aromatic heterocycles. The van der Waals surface area contributed by atoms with E-state index < -0.39 is 17.6 Å². The molecule has 2 rings (SSSR count). The van der Waals surface area contributed by atoms with Crippen LogP contribution in [0.2, 0.25) is 0 Å². The van der Waals surface area contributed by atoms with E-state index in [2.05, 4.69) is 0 Å². The molecular formula is C14H9F4IO. The highest BCUT2D eigenvalue weighted by Gasteiger charge is 2.31. The molecule has 0 aliphatic rings. The van der Waals surface area contributed by atoms with Crippen LogP contribution >= 0.6 is 22.6 Å². The summed E-state index contributed by atoms with van der Waals surface area (Å²) in [5.74, 6) is -0.310. The van der Waals surface area contributed by atoms with Gasteiger partial charge in [0.2, 0.25) is 0 Å². The number of alkyl halides is 3. The first-order valence-corrected chi connectivity index (χ1v) is 6.61. The molecule has 0 saturated carbocycles. The molecule has 2 aromatic rings. The van der Waals surface area contributed by atoms with Gasteiger partial charge in [-0.15, -0.1) is 0 Å². The summed E-state index contributed by atoms with van der Waals surface area (Å²) in [7, 11) is 1.39. The molecule has 2 aromatic carbocycles. The van der Waals surface area contributed by atoms with Gasteiger partial charge in [0.25, 0.3) is 0 Å². The largest absolute Gasteiger partial charge is 0.497 e. The Morgan fingerprint density at radius 3 is 2.25 bits per heavy atom. The average Bonchev–Trinajstić information content (AvgIpc) is 2.38. The highest BCUT2D eigenvalue weighted by Crippen LogP contribution is 2.36. The Morgan fingerprint density at radius 2 is 1.70 bits per heavy atom. The fourth-order valence-corrected chi connectivity index (χ4v) is 2.38. The van der Waals surface area contributed by atoms with E-state index in [1.165, 1.54) is 25.3 Å². The maximum atomic E-state index is 14.0. The summed E-state index contributed by atoms with van der Waals surface area (Å²) in [5, 5.41) is 0. The van der Waals surface area contributed by atoms with Crippen molar-refractivity contribution in [1.29, 1.82) is 0 Å². The fraction of sp³-hybridized carbons (Fsp3) is 0.143. The van der Waals surface area contributed by atoms with Gasteiger partial charge in [0, 0.05) is 15.2 Å². The topological polar surface area (TPSA) is 9.23 Å². The fourth-order valence-electron chi connectivity index (χ4n) is 1.75. The van der Waals surface area contributed by atoms with Crippen LogP contribution in [0.4, 0.5) is 17.6 Å². The lowest BCUT2D eigenvalue weighted by Gasteiger charge is -2.12. The maximum absolute atomic E-state index is 14.0. The minimum Gasteiger partial charge on any atom is -0.497 e. The van der Waals surface area contributed by atoms with E-state index in [4.69, 9.17) is 4.74 Å². The number of methoxy groups -OCH3 is 1. The molecule has 0 atom stereocenters. The van der Waals surface area contributed by atoms with Gasteiger partial charge in [-0.25, -0.2) is 4.39 Å². The van der Waals surface area contributed by atoms with Crippen molar-refractivity contribution in [3.05, 3.63) is 51.3 Å². The van der Waals surface area contributed by atoms with E-state index in [0.717, 1.165) is 18.2 Å². The molecule has 1 nitrogen and oxygen atoms in total. The van der Waals surface area contributed by atoms with Gasteiger partial charge >= 0.3 is 6.18 Å². The third-order valence-corrected chi connectivity index (χ3v) is 3.70. The normalized spacial score (nSPS) is 11.5. The summed E-state index contributed by atoms with van der Waals surface area (Å²) < 4.78 is 57.5. The van der Waals surface area contributed by atoms with E-state index in [1.54, 1.807) is 0 Å². The Labute approximate surface area is 126 Å². The molecular weight excluding hydrogens is 387 g/mol. The van der Waals surface area contributed by atoms with Gasteiger partial charge in [0.15, 0.2) is 0 Å². The van der Waals surface area contributed by atoms with Gasteiger partial charge in [-0.1, -0.05) is 0 Å². The van der Waals surface area contributed by atoms with Crippen LogP contribution in [-0.2, 0) is 6.18 Å². The smallest absolute Gasteiger partial charge is 0.416 e. The number of rotatable bonds is 2. The Hall–Kier alpha value is -1.31. The molecule has 0 bridgehead atoms. The zero-order chi connectivity index (χ0) is 14.9. The molecule has 0 amide bonds. The second-order valence-corrected chi connectivity index (χ2v) is 5.20. The van der Waals surface area contributed by atoms with E-state index in [1.807, 2.05) is 22.6 Å². The molecule has 0 aliphatic heterocycles. The lowest BCUT2D eigenvalue weighted by atomic mass is 10.0. The molecule has 0 heterocycles. The molecule has 0 spiro atoms. The number of benzene rings is 2. The number of halogens is 5. The summed E-state index contributed by atoms with van der Waals surface area (Å²) in [6.07, 6.45) is -4.46. The lowest BCUT2D eigenvalue weighted by Crippen LogP contribution is -2.05. The van der Waals surface area contributed by atoms with E-state index >= 15 is 0 Å². The first kappa shape index (κ1) is 15.1. The molecule has 0 fully saturated rings. The van der Waals surface area contributed by atoms with Gasteiger partial charge in [0.05, 0.1) is 12.7 Å². The molecule has 0 radical (unpaired) electrons. The van der Waals surface area contributed by atoms with Crippen LogP contribution in [0.5, 0.6) is 5.75 Å². The minimum atomic E-state index is -4.46. The van der Waals surface area contributed by atoms with Crippen LogP contribution in [0.3, 0.4) is 0 Å². The number of hydrogen-bond acceptors (Lipinski definition) is 1. The van der Waals surface area contributed by atoms with Gasteiger partial charge in [0.1, 0.15) is 11.6 Å². The summed E-state index contributed by atoms with van der Waals surface area (Å²) >= 11 is 1.88. The molecule has 20 heavy (non-hydrogen) atoms. The Balaban J connectivity index is 2.57. The Kier molecular flexibility index (Phi) is 4.22. The van der Waals surface area contributed by atoms with E-state index in [-0.39, 0.29) is 11.1 Å². The lowest BCUT2D eigenvalue weighted by molar-refractivity contribution is -0.137. The monoisotopic (exact) mass is 396 g/mol. The van der Waals surface area contributed by atoms with Crippen molar-refractivity contribution in [2.24, 2.45) is 0 Å². The molecule has 0 saturated heterocycles. The van der Waals surface area contributed by atoms with Crippen LogP contribution in [0.25, 0.3) is 11.1 Å². The molecule has 0 N–H and O–H groups in total. The standard InChI is InChI=1S/C14H9F4IO/c1-20-9-3-4-10(12(15)7-9)11-6-8(14(16,17)18)2-5-13(11)19/h2-7H,1H3. The molecule has 0 unspecified atom stereocenters. The molecule has 106 valence electrons. The van der Waals surface area contributed by atoms with Crippen molar-refractivity contribution in [3.63, 3.8) is 0 Å². The van der Waals surface area contributed by atoms with Gasteiger partial charge in [-0.05, 0) is 58.5 Å². The second-order valence-electron chi connectivity index (χ2n) is 4.04. The van der Waals surface area contributed by atoms with E-state index in [0.29, 0.717) is 9.32 Å². The second kappa shape index (κ2) is 5.59. The highest BCUT2D eigenvalue weighted by molar-refractivity contribution is 14.1. The third-order valence-electron chi connectivity index (χ3n) is 2.76. The van der Waals surface area contributed by atoms with E-state index in [9.17, 15) is 17.6 Å². The zero-order valence-electron chi connectivity index (χ0n) is 10.3. The van der Waals surface area contributed by atoms with Crippen LogP contribution in [-0.4, -0.2) is 7.11 Å². The van der Waals surface area contributed by atoms with Crippen molar-refractivity contribution < 1.29 is 22.3 Å². The number of hydrogen-bond donors (Lipinski definition) is 0. The number of ether oxygens (including phenoxy) is 1. The zero-order valence-corrected chi connectivity index (χ0v) is 12.4. The summed E-state index contributed by atoms with van der Waals surface area (Å²) in [6.45, 7) is 0. The molecule has 0 aliphatic carbocycles. The van der Waals surface area contributed by atoms with Gasteiger partial charge in [-0.2, -0.15) is 13.2 Å². The van der Waals surface area contributed by atoms with Crippen LogP contribution in [0.1, 0.15) is 5.56 Å². The van der Waals surface area contributed by atoms with Crippen molar-refractivity contribution in [1.82, 2.24) is 0 Å². The first-order valence-electron chi connectivity index (χ1n) is 5.53. The maximum Gasteiger partial charge on any atom is 0.416 e. The Bertz CT molecular complexity index is 638. The predicted octanol–water partition coefficient (Wildman–Crippen LogP) is 5.12. The SMILES string of the molecule is COc1ccc(-c2cc(C(F)(F)F)ccc2I)c(F)c1. The van der Waals surface area contributed by atoms with Crippen LogP contribution in [0, 0.1) is 9.39 Å². The Morgan fingerprint density at radius 1 is 1.00 bits per heavy atom. The summed E-state index contributed by atoms with van der Waals surface area (Å²) in [4.78, 5) is 0. The minimum absolute atomic E-state index is 0.112. The predicted molar refractivity (Wildman–Crippen MR) is 76.1 cm³/mol. The van der Waals surface area contributed by atoms with Crippen LogP contribution in [0.15, 0.2) is 36.4 Å². The quantitative estimate of drug-likeness (QED) is 0.506. The summed E-state index contributed by atoms with van der Waals surface area (Å²) in [6, 6.07) is 7.31. The van der Waals surface area contributed by atoms with Crippen molar-refractivity contribution in [3.8, 4) is 16.9 Å². The highest BCUT2D eigenvalue weighted by atomic mass is 127. The van der Waals surface area contributed by atoms with Gasteiger partial charge < -0.3 is 4.74 Å². The molecule has 6 heteroatoms. The van der Waals surface area contributed by atoms with Crippen molar-refractivity contribution in [2.45, 2.75) is 6.18 Å². The van der Waals surface area contributed by atoms with Gasteiger partial charge in [-0.3, -0.25) is 0 Å². The van der Waals surface area contributed by atoms with Crippen molar-refractivity contribution in [2.75, 3.05) is 7.11 Å². The third kappa shape index (κ3) is 3.05.